The van der Waals surface area contributed by atoms with Crippen molar-refractivity contribution < 1.29 is 0 Å². The summed E-state index contributed by atoms with van der Waals surface area (Å²) in [5.41, 5.74) is 2.58. The number of hydrogen-bond acceptors (Lipinski definition) is 1. The Balaban J connectivity index is 1.81. The molecule has 1 heteroatoms. The number of aromatic nitrogens is 1. The maximum Gasteiger partial charge on any atom is 0.0273 e. The standard InChI is InChI=1S/C22H17N/c1-3-9-20-18(7-1)16-19-8-2-4-10-21(19)22(20)11-5-6-17-12-14-23-15-13-17/h1-10,12-16H,11H2/b6-5+. The number of benzene rings is 3. The van der Waals surface area contributed by atoms with E-state index in [1.54, 1.807) is 0 Å². The predicted octanol–water partition coefficient (Wildman–Crippen LogP) is 5.64. The molecule has 0 spiro atoms. The van der Waals surface area contributed by atoms with Crippen molar-refractivity contribution in [2.24, 2.45) is 0 Å². The molecule has 0 bridgehead atoms. The molecule has 0 saturated heterocycles. The summed E-state index contributed by atoms with van der Waals surface area (Å²) in [7, 11) is 0. The molecule has 1 nitrogen and oxygen atoms in total. The zero-order chi connectivity index (χ0) is 15.5. The van der Waals surface area contributed by atoms with Gasteiger partial charge in [-0.3, -0.25) is 4.98 Å². The van der Waals surface area contributed by atoms with Crippen LogP contribution in [0, 0.1) is 0 Å². The molecule has 0 amide bonds. The van der Waals surface area contributed by atoms with Crippen LogP contribution in [-0.2, 0) is 6.42 Å². The van der Waals surface area contributed by atoms with Crippen LogP contribution < -0.4 is 0 Å². The largest absolute Gasteiger partial charge is 0.265 e. The lowest BCUT2D eigenvalue weighted by atomic mass is 9.94. The molecule has 0 radical (unpaired) electrons. The Kier molecular flexibility index (Phi) is 3.61. The van der Waals surface area contributed by atoms with Crippen molar-refractivity contribution >= 4 is 27.6 Å². The van der Waals surface area contributed by atoms with Crippen LogP contribution in [0.25, 0.3) is 27.6 Å². The minimum atomic E-state index is 0.921. The van der Waals surface area contributed by atoms with Gasteiger partial charge in [0.1, 0.15) is 0 Å². The van der Waals surface area contributed by atoms with Gasteiger partial charge in [0.25, 0.3) is 0 Å². The Labute approximate surface area is 135 Å². The molecule has 0 aliphatic carbocycles. The Bertz CT molecular complexity index is 930. The van der Waals surface area contributed by atoms with E-state index in [-0.39, 0.29) is 0 Å². The van der Waals surface area contributed by atoms with Crippen molar-refractivity contribution in [3.63, 3.8) is 0 Å². The van der Waals surface area contributed by atoms with E-state index in [9.17, 15) is 0 Å². The van der Waals surface area contributed by atoms with Crippen LogP contribution in [0.4, 0.5) is 0 Å². The summed E-state index contributed by atoms with van der Waals surface area (Å²) in [6, 6.07) is 23.6. The summed E-state index contributed by atoms with van der Waals surface area (Å²) in [6.07, 6.45) is 8.98. The van der Waals surface area contributed by atoms with Crippen molar-refractivity contribution in [2.75, 3.05) is 0 Å². The van der Waals surface area contributed by atoms with E-state index in [0.717, 1.165) is 6.42 Å². The van der Waals surface area contributed by atoms with Crippen molar-refractivity contribution in [3.05, 3.63) is 96.3 Å². The minimum absolute atomic E-state index is 0.921. The second-order valence-corrected chi connectivity index (χ2v) is 5.68. The molecule has 110 valence electrons. The van der Waals surface area contributed by atoms with E-state index < -0.39 is 0 Å². The van der Waals surface area contributed by atoms with E-state index in [4.69, 9.17) is 0 Å². The molecular weight excluding hydrogens is 278 g/mol. The first-order chi connectivity index (χ1) is 11.4. The quantitative estimate of drug-likeness (QED) is 0.445. The lowest BCUT2D eigenvalue weighted by molar-refractivity contribution is 1.31. The first kappa shape index (κ1) is 13.7. The smallest absolute Gasteiger partial charge is 0.0273 e. The first-order valence-corrected chi connectivity index (χ1v) is 7.88. The summed E-state index contributed by atoms with van der Waals surface area (Å²) in [6.45, 7) is 0. The molecule has 0 aliphatic rings. The Morgan fingerprint density at radius 1 is 0.739 bits per heavy atom. The third kappa shape index (κ3) is 2.74. The van der Waals surface area contributed by atoms with Gasteiger partial charge in [-0.25, -0.2) is 0 Å². The summed E-state index contributed by atoms with van der Waals surface area (Å²) in [5, 5.41) is 5.29. The van der Waals surface area contributed by atoms with Gasteiger partial charge in [0.05, 0.1) is 0 Å². The van der Waals surface area contributed by atoms with Crippen LogP contribution in [0.2, 0.25) is 0 Å². The lowest BCUT2D eigenvalue weighted by Gasteiger charge is -2.10. The van der Waals surface area contributed by atoms with Gasteiger partial charge in [0.15, 0.2) is 0 Å². The third-order valence-electron chi connectivity index (χ3n) is 4.22. The molecule has 0 atom stereocenters. The molecule has 0 saturated carbocycles. The third-order valence-corrected chi connectivity index (χ3v) is 4.22. The molecule has 0 aliphatic heterocycles. The fourth-order valence-corrected chi connectivity index (χ4v) is 3.12. The van der Waals surface area contributed by atoms with Gasteiger partial charge in [-0.2, -0.15) is 0 Å². The van der Waals surface area contributed by atoms with E-state index in [1.807, 2.05) is 24.5 Å². The van der Waals surface area contributed by atoms with Crippen molar-refractivity contribution in [1.29, 1.82) is 0 Å². The highest BCUT2D eigenvalue weighted by Crippen LogP contribution is 2.29. The number of hydrogen-bond donors (Lipinski definition) is 0. The van der Waals surface area contributed by atoms with Crippen LogP contribution in [0.3, 0.4) is 0 Å². The van der Waals surface area contributed by atoms with Gasteiger partial charge in [-0.05, 0) is 57.3 Å². The fourth-order valence-electron chi connectivity index (χ4n) is 3.12. The van der Waals surface area contributed by atoms with E-state index in [2.05, 4.69) is 71.7 Å². The van der Waals surface area contributed by atoms with Crippen molar-refractivity contribution in [2.45, 2.75) is 6.42 Å². The van der Waals surface area contributed by atoms with Gasteiger partial charge in [0, 0.05) is 12.4 Å². The van der Waals surface area contributed by atoms with Crippen LogP contribution in [-0.4, -0.2) is 4.98 Å². The Morgan fingerprint density at radius 2 is 1.35 bits per heavy atom. The summed E-state index contributed by atoms with van der Waals surface area (Å²) >= 11 is 0. The minimum Gasteiger partial charge on any atom is -0.265 e. The number of rotatable bonds is 3. The second-order valence-electron chi connectivity index (χ2n) is 5.68. The second kappa shape index (κ2) is 6.05. The molecule has 1 aromatic heterocycles. The molecule has 3 aromatic carbocycles. The van der Waals surface area contributed by atoms with Gasteiger partial charge in [-0.1, -0.05) is 60.7 Å². The van der Waals surface area contributed by atoms with Gasteiger partial charge < -0.3 is 0 Å². The monoisotopic (exact) mass is 295 g/mol. The zero-order valence-corrected chi connectivity index (χ0v) is 12.8. The molecular formula is C22H17N. The Morgan fingerprint density at radius 3 is 2.00 bits per heavy atom. The molecule has 4 rings (SSSR count). The van der Waals surface area contributed by atoms with Gasteiger partial charge >= 0.3 is 0 Å². The van der Waals surface area contributed by atoms with Crippen molar-refractivity contribution in [3.8, 4) is 0 Å². The van der Waals surface area contributed by atoms with E-state index >= 15 is 0 Å². The van der Waals surface area contributed by atoms with Crippen LogP contribution in [0.5, 0.6) is 0 Å². The molecule has 0 unspecified atom stereocenters. The average molecular weight is 295 g/mol. The predicted molar refractivity (Wildman–Crippen MR) is 98.4 cm³/mol. The molecule has 23 heavy (non-hydrogen) atoms. The first-order valence-electron chi connectivity index (χ1n) is 7.88. The summed E-state index contributed by atoms with van der Waals surface area (Å²) in [4.78, 5) is 4.06. The number of pyridine rings is 1. The zero-order valence-electron chi connectivity index (χ0n) is 12.8. The lowest BCUT2D eigenvalue weighted by Crippen LogP contribution is -1.88. The number of nitrogens with zero attached hydrogens (tertiary/aromatic N) is 1. The van der Waals surface area contributed by atoms with E-state index in [1.165, 1.54) is 32.7 Å². The average Bonchev–Trinajstić information content (AvgIpc) is 2.62. The molecule has 0 N–H and O–H groups in total. The normalized spacial score (nSPS) is 11.5. The Hall–Kier alpha value is -2.93. The number of allylic oxidation sites excluding steroid dienone is 1. The molecule has 0 fully saturated rings. The fraction of sp³-hybridized carbons (Fsp3) is 0.0455. The molecule has 4 aromatic rings. The number of fused-ring (bicyclic) bond motifs is 2. The summed E-state index contributed by atoms with van der Waals surface area (Å²) < 4.78 is 0. The van der Waals surface area contributed by atoms with Gasteiger partial charge in [0.2, 0.25) is 0 Å². The van der Waals surface area contributed by atoms with Crippen LogP contribution in [0.1, 0.15) is 11.1 Å². The topological polar surface area (TPSA) is 12.9 Å². The highest BCUT2D eigenvalue weighted by atomic mass is 14.6. The highest BCUT2D eigenvalue weighted by Gasteiger charge is 2.05. The van der Waals surface area contributed by atoms with Crippen molar-refractivity contribution in [1.82, 2.24) is 4.98 Å². The van der Waals surface area contributed by atoms with Gasteiger partial charge in [-0.15, -0.1) is 0 Å². The highest BCUT2D eigenvalue weighted by molar-refractivity contribution is 6.02. The maximum absolute atomic E-state index is 4.06. The maximum atomic E-state index is 4.06. The van der Waals surface area contributed by atoms with Crippen LogP contribution >= 0.6 is 0 Å². The SMILES string of the molecule is C(=C\c1ccncc1)/Cc1c2ccccc2cc2ccccc12. The summed E-state index contributed by atoms with van der Waals surface area (Å²) in [5.74, 6) is 0. The van der Waals surface area contributed by atoms with E-state index in [0.29, 0.717) is 0 Å². The van der Waals surface area contributed by atoms with Crippen LogP contribution in [0.15, 0.2) is 85.2 Å². The molecule has 1 heterocycles.